The van der Waals surface area contributed by atoms with Gasteiger partial charge in [0.2, 0.25) is 0 Å². The van der Waals surface area contributed by atoms with Crippen molar-refractivity contribution in [1.82, 2.24) is 4.98 Å². The van der Waals surface area contributed by atoms with Crippen LogP contribution in [0.15, 0.2) is 72.8 Å². The van der Waals surface area contributed by atoms with Crippen LogP contribution in [-0.2, 0) is 0 Å². The van der Waals surface area contributed by atoms with Gasteiger partial charge < -0.3 is 5.32 Å². The van der Waals surface area contributed by atoms with Gasteiger partial charge >= 0.3 is 0 Å². The molecule has 1 heterocycles. The average Bonchev–Trinajstić information content (AvgIpc) is 2.71. The molecule has 0 atom stereocenters. The number of aryl methyl sites for hydroxylation is 1. The smallest absolute Gasteiger partial charge is 0.256 e. The van der Waals surface area contributed by atoms with E-state index in [2.05, 4.69) is 10.3 Å². The van der Waals surface area contributed by atoms with Gasteiger partial charge in [0.1, 0.15) is 5.82 Å². The molecule has 0 bridgehead atoms. The molecular formula is C24H19FN2O. The van der Waals surface area contributed by atoms with E-state index >= 15 is 0 Å². The van der Waals surface area contributed by atoms with Crippen LogP contribution in [0.2, 0.25) is 0 Å². The van der Waals surface area contributed by atoms with Crippen molar-refractivity contribution in [1.29, 1.82) is 0 Å². The van der Waals surface area contributed by atoms with Gasteiger partial charge in [0.05, 0.1) is 16.8 Å². The Morgan fingerprint density at radius 2 is 1.68 bits per heavy atom. The number of fused-ring (bicyclic) bond motifs is 1. The maximum Gasteiger partial charge on any atom is 0.256 e. The summed E-state index contributed by atoms with van der Waals surface area (Å²) in [6.07, 6.45) is 0. The number of carbonyl (C=O) groups is 1. The summed E-state index contributed by atoms with van der Waals surface area (Å²) >= 11 is 0. The number of hydrogen-bond donors (Lipinski definition) is 1. The minimum atomic E-state index is -0.308. The van der Waals surface area contributed by atoms with Gasteiger partial charge in [-0.2, -0.15) is 0 Å². The third kappa shape index (κ3) is 3.37. The van der Waals surface area contributed by atoms with Crippen molar-refractivity contribution < 1.29 is 9.18 Å². The molecule has 28 heavy (non-hydrogen) atoms. The first-order valence-electron chi connectivity index (χ1n) is 9.06. The highest BCUT2D eigenvalue weighted by Gasteiger charge is 2.15. The van der Waals surface area contributed by atoms with Crippen molar-refractivity contribution >= 4 is 22.5 Å². The molecule has 0 spiro atoms. The Hall–Kier alpha value is -3.53. The lowest BCUT2D eigenvalue weighted by Crippen LogP contribution is -2.14. The van der Waals surface area contributed by atoms with Crippen molar-refractivity contribution in [2.24, 2.45) is 0 Å². The maximum atomic E-state index is 13.3. The molecule has 4 heteroatoms. The Labute approximate surface area is 162 Å². The second kappa shape index (κ2) is 7.24. The zero-order valence-corrected chi connectivity index (χ0v) is 15.7. The van der Waals surface area contributed by atoms with Crippen LogP contribution in [0, 0.1) is 19.7 Å². The number of nitrogens with one attached hydrogen (secondary N) is 1. The van der Waals surface area contributed by atoms with Crippen LogP contribution in [0.25, 0.3) is 22.2 Å². The summed E-state index contributed by atoms with van der Waals surface area (Å²) in [6, 6.07) is 21.2. The Balaban J connectivity index is 1.81. The highest BCUT2D eigenvalue weighted by Crippen LogP contribution is 2.26. The van der Waals surface area contributed by atoms with E-state index in [1.54, 1.807) is 18.2 Å². The molecule has 138 valence electrons. The molecule has 1 aromatic heterocycles. The van der Waals surface area contributed by atoms with Gasteiger partial charge in [-0.1, -0.05) is 30.3 Å². The first-order chi connectivity index (χ1) is 13.5. The highest BCUT2D eigenvalue weighted by atomic mass is 19.1. The number of aromatic nitrogens is 1. The second-order valence-electron chi connectivity index (χ2n) is 6.78. The lowest BCUT2D eigenvalue weighted by atomic mass is 10.0. The van der Waals surface area contributed by atoms with E-state index in [-0.39, 0.29) is 11.7 Å². The molecule has 1 amide bonds. The zero-order chi connectivity index (χ0) is 19.7. The number of carbonyl (C=O) groups excluding carboxylic acids is 1. The van der Waals surface area contributed by atoms with Crippen LogP contribution in [0.3, 0.4) is 0 Å². The number of anilines is 1. The van der Waals surface area contributed by atoms with Gasteiger partial charge in [0, 0.05) is 16.6 Å². The van der Waals surface area contributed by atoms with Crippen molar-refractivity contribution in [2.45, 2.75) is 13.8 Å². The second-order valence-corrected chi connectivity index (χ2v) is 6.78. The van der Waals surface area contributed by atoms with Crippen LogP contribution in [0.4, 0.5) is 10.1 Å². The lowest BCUT2D eigenvalue weighted by Gasteiger charge is -2.13. The Morgan fingerprint density at radius 3 is 2.46 bits per heavy atom. The molecule has 3 nitrogen and oxygen atoms in total. The maximum absolute atomic E-state index is 13.3. The van der Waals surface area contributed by atoms with Crippen molar-refractivity contribution in [3.05, 3.63) is 95.3 Å². The predicted octanol–water partition coefficient (Wildman–Crippen LogP) is 5.91. The predicted molar refractivity (Wildman–Crippen MR) is 111 cm³/mol. The molecular weight excluding hydrogens is 351 g/mol. The SMILES string of the molecule is Cc1cccc(NC(=O)c2cc(-c3ccc(F)cc3)nc3ccccc23)c1C. The highest BCUT2D eigenvalue weighted by molar-refractivity contribution is 6.13. The van der Waals surface area contributed by atoms with Crippen LogP contribution in [0.1, 0.15) is 21.5 Å². The van der Waals surface area contributed by atoms with Crippen molar-refractivity contribution in [2.75, 3.05) is 5.32 Å². The summed E-state index contributed by atoms with van der Waals surface area (Å²) < 4.78 is 13.3. The van der Waals surface area contributed by atoms with Crippen LogP contribution < -0.4 is 5.32 Å². The first-order valence-corrected chi connectivity index (χ1v) is 9.06. The third-order valence-electron chi connectivity index (χ3n) is 4.95. The molecule has 0 saturated carbocycles. The summed E-state index contributed by atoms with van der Waals surface area (Å²) in [7, 11) is 0. The number of benzene rings is 3. The largest absolute Gasteiger partial charge is 0.322 e. The number of halogens is 1. The molecule has 0 unspecified atom stereocenters. The number of rotatable bonds is 3. The van der Waals surface area contributed by atoms with Crippen molar-refractivity contribution in [3.63, 3.8) is 0 Å². The van der Waals surface area contributed by atoms with Crippen molar-refractivity contribution in [3.8, 4) is 11.3 Å². The summed E-state index contributed by atoms with van der Waals surface area (Å²) in [5, 5.41) is 3.79. The summed E-state index contributed by atoms with van der Waals surface area (Å²) in [6.45, 7) is 4.00. The Kier molecular flexibility index (Phi) is 4.62. The fourth-order valence-electron chi connectivity index (χ4n) is 3.21. The molecule has 4 aromatic rings. The molecule has 0 aliphatic carbocycles. The van der Waals surface area contributed by atoms with Crippen LogP contribution >= 0.6 is 0 Å². The molecule has 1 N–H and O–H groups in total. The summed E-state index contributed by atoms with van der Waals surface area (Å²) in [4.78, 5) is 17.8. The molecule has 0 aliphatic rings. The number of hydrogen-bond acceptors (Lipinski definition) is 2. The fraction of sp³-hybridized carbons (Fsp3) is 0.0833. The Bertz CT molecular complexity index is 1180. The van der Waals surface area contributed by atoms with E-state index in [9.17, 15) is 9.18 Å². The van der Waals surface area contributed by atoms with Gasteiger partial charge in [-0.25, -0.2) is 9.37 Å². The molecule has 3 aromatic carbocycles. The summed E-state index contributed by atoms with van der Waals surface area (Å²) in [5.74, 6) is -0.506. The van der Waals surface area contributed by atoms with E-state index < -0.39 is 0 Å². The minimum absolute atomic E-state index is 0.198. The molecule has 0 saturated heterocycles. The molecule has 0 aliphatic heterocycles. The monoisotopic (exact) mass is 370 g/mol. The van der Waals surface area contributed by atoms with Gasteiger partial charge in [-0.05, 0) is 67.4 Å². The van der Waals surface area contributed by atoms with Gasteiger partial charge in [0.15, 0.2) is 0 Å². The van der Waals surface area contributed by atoms with Crippen LogP contribution in [-0.4, -0.2) is 10.9 Å². The average molecular weight is 370 g/mol. The molecule has 0 fully saturated rings. The topological polar surface area (TPSA) is 42.0 Å². The molecule has 0 radical (unpaired) electrons. The zero-order valence-electron chi connectivity index (χ0n) is 15.7. The van der Waals surface area contributed by atoms with Crippen LogP contribution in [0.5, 0.6) is 0 Å². The van der Waals surface area contributed by atoms with E-state index in [0.717, 1.165) is 33.3 Å². The number of para-hydroxylation sites is 1. The standard InChI is InChI=1S/C24H19FN2O/c1-15-6-5-9-21(16(15)2)27-24(28)20-14-23(17-10-12-18(25)13-11-17)26-22-8-4-3-7-19(20)22/h3-14H,1-2H3,(H,27,28). The minimum Gasteiger partial charge on any atom is -0.322 e. The van der Waals surface area contributed by atoms with Gasteiger partial charge in [0.25, 0.3) is 5.91 Å². The lowest BCUT2D eigenvalue weighted by molar-refractivity contribution is 0.102. The van der Waals surface area contributed by atoms with E-state index in [4.69, 9.17) is 0 Å². The molecule has 4 rings (SSSR count). The van der Waals surface area contributed by atoms with Gasteiger partial charge in [-0.3, -0.25) is 4.79 Å². The first kappa shape index (κ1) is 17.9. The number of pyridine rings is 1. The Morgan fingerprint density at radius 1 is 0.929 bits per heavy atom. The summed E-state index contributed by atoms with van der Waals surface area (Å²) in [5.41, 5.74) is 5.57. The normalized spacial score (nSPS) is 10.8. The van der Waals surface area contributed by atoms with E-state index in [1.807, 2.05) is 56.3 Å². The van der Waals surface area contributed by atoms with E-state index in [1.165, 1.54) is 12.1 Å². The van der Waals surface area contributed by atoms with E-state index in [0.29, 0.717) is 11.3 Å². The third-order valence-corrected chi connectivity index (χ3v) is 4.95. The number of nitrogens with zero attached hydrogens (tertiary/aromatic N) is 1. The number of amides is 1. The quantitative estimate of drug-likeness (QED) is 0.487. The van der Waals surface area contributed by atoms with Gasteiger partial charge in [-0.15, -0.1) is 0 Å². The fourth-order valence-corrected chi connectivity index (χ4v) is 3.21.